The van der Waals surface area contributed by atoms with Crippen LogP contribution in [0.2, 0.25) is 0 Å². The maximum absolute atomic E-state index is 13.0. The summed E-state index contributed by atoms with van der Waals surface area (Å²) in [7, 11) is -4.12. The smallest absolute Gasteiger partial charge is 0.475 e. The second-order valence-corrected chi connectivity index (χ2v) is 8.52. The molecule has 0 saturated carbocycles. The van der Waals surface area contributed by atoms with Crippen LogP contribution in [0.3, 0.4) is 0 Å². The van der Waals surface area contributed by atoms with Crippen molar-refractivity contribution < 1.29 is 45.5 Å². The molecule has 1 aromatic heterocycles. The molecule has 0 atom stereocenters. The molecular formula is C19H22F4N6O7S. The lowest BCUT2D eigenvalue weighted by molar-refractivity contribution is -0.192. The molecule has 37 heavy (non-hydrogen) atoms. The van der Waals surface area contributed by atoms with Crippen LogP contribution in [-0.2, 0) is 31.0 Å². The zero-order chi connectivity index (χ0) is 28.4. The van der Waals surface area contributed by atoms with Crippen molar-refractivity contribution in [3.8, 4) is 0 Å². The van der Waals surface area contributed by atoms with E-state index in [4.69, 9.17) is 26.2 Å². The number of oxime groups is 1. The average Bonchev–Trinajstić information content (AvgIpc) is 2.78. The van der Waals surface area contributed by atoms with Crippen LogP contribution < -0.4 is 27.1 Å². The van der Waals surface area contributed by atoms with Crippen molar-refractivity contribution in [3.63, 3.8) is 0 Å². The summed E-state index contributed by atoms with van der Waals surface area (Å²) in [6, 6.07) is 6.90. The van der Waals surface area contributed by atoms with Crippen molar-refractivity contribution in [2.75, 3.05) is 17.9 Å². The molecule has 0 radical (unpaired) electrons. The van der Waals surface area contributed by atoms with Crippen molar-refractivity contribution in [1.29, 1.82) is 0 Å². The van der Waals surface area contributed by atoms with Crippen molar-refractivity contribution in [2.24, 2.45) is 16.6 Å². The molecule has 0 saturated heterocycles. The topological polar surface area (TPSA) is 208 Å². The molecule has 2 rings (SSSR count). The number of carbonyl (C=O) groups excluding carboxylic acids is 1. The average molecular weight is 554 g/mol. The van der Waals surface area contributed by atoms with E-state index in [1.165, 1.54) is 12.1 Å². The molecule has 18 heteroatoms. The third kappa shape index (κ3) is 10.4. The normalized spacial score (nSPS) is 10.9. The Morgan fingerprint density at radius 3 is 2.22 bits per heavy atom. The summed E-state index contributed by atoms with van der Waals surface area (Å²) in [5.74, 6) is -4.12. The molecule has 7 N–H and O–H groups in total. The van der Waals surface area contributed by atoms with Gasteiger partial charge >= 0.3 is 12.1 Å². The van der Waals surface area contributed by atoms with Gasteiger partial charge in [0.05, 0.1) is 11.4 Å². The van der Waals surface area contributed by atoms with E-state index < -0.39 is 39.5 Å². The van der Waals surface area contributed by atoms with Gasteiger partial charge < -0.3 is 31.3 Å². The van der Waals surface area contributed by atoms with E-state index in [0.717, 1.165) is 28.8 Å². The van der Waals surface area contributed by atoms with Gasteiger partial charge in [-0.05, 0) is 48.5 Å². The monoisotopic (exact) mass is 554 g/mol. The van der Waals surface area contributed by atoms with Crippen molar-refractivity contribution >= 4 is 33.5 Å². The number of pyridine rings is 1. The van der Waals surface area contributed by atoms with Crippen LogP contribution in [0, 0.1) is 12.7 Å². The molecule has 1 heterocycles. The Morgan fingerprint density at radius 2 is 1.70 bits per heavy atom. The summed E-state index contributed by atoms with van der Waals surface area (Å²) in [6.07, 6.45) is -5.08. The predicted octanol–water partition coefficient (Wildman–Crippen LogP) is 0.0511. The highest BCUT2D eigenvalue weighted by molar-refractivity contribution is 7.92. The number of nitrogens with zero attached hydrogens (tertiary/aromatic N) is 2. The molecule has 0 aliphatic rings. The largest absolute Gasteiger partial charge is 0.490 e. The van der Waals surface area contributed by atoms with Crippen LogP contribution >= 0.6 is 0 Å². The number of aryl methyl sites for hydroxylation is 1. The number of nitrogens with one attached hydrogen (secondary N) is 2. The van der Waals surface area contributed by atoms with Crippen LogP contribution in [0.25, 0.3) is 0 Å². The second-order valence-electron chi connectivity index (χ2n) is 6.84. The van der Waals surface area contributed by atoms with E-state index in [9.17, 15) is 35.6 Å². The fourth-order valence-corrected chi connectivity index (χ4v) is 3.38. The highest BCUT2D eigenvalue weighted by Gasteiger charge is 2.38. The van der Waals surface area contributed by atoms with Gasteiger partial charge in [0.2, 0.25) is 11.9 Å². The maximum atomic E-state index is 13.0. The fraction of sp³-hybridized carbons (Fsp3) is 0.263. The quantitative estimate of drug-likeness (QED) is 0.0931. The van der Waals surface area contributed by atoms with Crippen molar-refractivity contribution in [2.45, 2.75) is 24.5 Å². The van der Waals surface area contributed by atoms with Gasteiger partial charge in [0.15, 0.2) is 0 Å². The molecule has 0 unspecified atom stereocenters. The molecule has 1 amide bonds. The molecule has 0 bridgehead atoms. The van der Waals surface area contributed by atoms with E-state index in [1.807, 2.05) is 0 Å². The SMILES string of the molecule is Cc1ccc(NS(=O)(=O)c2ccc(F)cc2)c(=O)n1CC(=O)NCCON=C(N)N.O=C(O)C(F)(F)F. The third-order valence-electron chi connectivity index (χ3n) is 3.99. The van der Waals surface area contributed by atoms with Gasteiger partial charge in [0.25, 0.3) is 15.6 Å². The van der Waals surface area contributed by atoms with Crippen molar-refractivity contribution in [3.05, 3.63) is 58.3 Å². The number of carboxylic acid groups (broad SMARTS) is 1. The number of carboxylic acids is 1. The summed E-state index contributed by atoms with van der Waals surface area (Å²) in [5, 5.41) is 12.9. The number of sulfonamides is 1. The Morgan fingerprint density at radius 1 is 1.14 bits per heavy atom. The van der Waals surface area contributed by atoms with Crippen LogP contribution in [0.5, 0.6) is 0 Å². The highest BCUT2D eigenvalue weighted by Crippen LogP contribution is 2.15. The van der Waals surface area contributed by atoms with Gasteiger partial charge in [-0.3, -0.25) is 14.3 Å². The molecule has 0 fully saturated rings. The van der Waals surface area contributed by atoms with E-state index in [0.29, 0.717) is 5.69 Å². The number of amides is 1. The first-order valence-corrected chi connectivity index (χ1v) is 11.3. The van der Waals surface area contributed by atoms with E-state index in [1.54, 1.807) is 6.92 Å². The number of alkyl halides is 3. The summed E-state index contributed by atoms with van der Waals surface area (Å²) < 4.78 is 72.9. The summed E-state index contributed by atoms with van der Waals surface area (Å²) in [5.41, 5.74) is 9.64. The minimum absolute atomic E-state index is 0.00896. The van der Waals surface area contributed by atoms with E-state index in [-0.39, 0.29) is 36.2 Å². The minimum atomic E-state index is -5.08. The Hall–Kier alpha value is -4.35. The van der Waals surface area contributed by atoms with Crippen LogP contribution in [0.4, 0.5) is 23.2 Å². The molecule has 0 spiro atoms. The maximum Gasteiger partial charge on any atom is 0.490 e. The number of nitrogens with two attached hydrogens (primary N) is 2. The summed E-state index contributed by atoms with van der Waals surface area (Å²) in [6.45, 7) is 1.34. The van der Waals surface area contributed by atoms with Gasteiger partial charge in [0.1, 0.15) is 24.7 Å². The van der Waals surface area contributed by atoms with Gasteiger partial charge in [-0.25, -0.2) is 17.6 Å². The fourth-order valence-electron chi connectivity index (χ4n) is 2.32. The molecule has 13 nitrogen and oxygen atoms in total. The van der Waals surface area contributed by atoms with Crippen molar-refractivity contribution in [1.82, 2.24) is 9.88 Å². The first-order chi connectivity index (χ1) is 17.0. The zero-order valence-electron chi connectivity index (χ0n) is 19.0. The molecule has 0 aliphatic carbocycles. The number of aromatic nitrogens is 1. The van der Waals surface area contributed by atoms with E-state index >= 15 is 0 Å². The Balaban J connectivity index is 0.000000856. The summed E-state index contributed by atoms with van der Waals surface area (Å²) in [4.78, 5) is 38.1. The molecule has 2 aromatic rings. The number of guanidine groups is 1. The number of hydrogen-bond acceptors (Lipinski definition) is 7. The molecule has 204 valence electrons. The lowest BCUT2D eigenvalue weighted by atomic mass is 10.3. The Kier molecular flexibility index (Phi) is 10.9. The van der Waals surface area contributed by atoms with Gasteiger partial charge in [0, 0.05) is 5.69 Å². The number of halogens is 4. The second kappa shape index (κ2) is 13.1. The number of anilines is 1. The van der Waals surface area contributed by atoms with Crippen LogP contribution in [0.1, 0.15) is 5.69 Å². The Bertz CT molecular complexity index is 1290. The number of rotatable bonds is 9. The van der Waals surface area contributed by atoms with Gasteiger partial charge in [-0.2, -0.15) is 13.2 Å². The predicted molar refractivity (Wildman–Crippen MR) is 121 cm³/mol. The number of hydrogen-bond donors (Lipinski definition) is 5. The summed E-state index contributed by atoms with van der Waals surface area (Å²) >= 11 is 0. The lowest BCUT2D eigenvalue weighted by Gasteiger charge is -2.13. The van der Waals surface area contributed by atoms with Crippen LogP contribution in [0.15, 0.2) is 51.2 Å². The first-order valence-electron chi connectivity index (χ1n) is 9.81. The first kappa shape index (κ1) is 30.7. The molecule has 0 aliphatic heterocycles. The third-order valence-corrected chi connectivity index (χ3v) is 5.37. The number of carbonyl (C=O) groups is 2. The number of benzene rings is 1. The van der Waals surface area contributed by atoms with Gasteiger partial charge in [-0.15, -0.1) is 0 Å². The molecular weight excluding hydrogens is 532 g/mol. The Labute approximate surface area is 206 Å². The van der Waals surface area contributed by atoms with E-state index in [2.05, 4.69) is 15.2 Å². The standard InChI is InChI=1S/C17H21FN6O5S.C2HF3O2/c1-11-2-7-14(23-30(27,28)13-5-3-12(18)4-6-13)16(26)24(11)10-15(25)21-8-9-29-22-17(19)20;3-2(4,5)1(6)7/h2-7,23H,8-10H2,1H3,(H,21,25)(H4,19,20,22);(H,6,7). The number of aliphatic carboxylic acids is 1. The molecule has 1 aromatic carbocycles. The van der Waals surface area contributed by atoms with Crippen LogP contribution in [-0.4, -0.2) is 55.3 Å². The zero-order valence-corrected chi connectivity index (χ0v) is 19.8. The minimum Gasteiger partial charge on any atom is -0.475 e. The lowest BCUT2D eigenvalue weighted by Crippen LogP contribution is -2.36. The highest BCUT2D eigenvalue weighted by atomic mass is 32.2. The van der Waals surface area contributed by atoms with Gasteiger partial charge in [-0.1, -0.05) is 0 Å².